The number of aryl methyl sites for hydroxylation is 2. The zero-order chi connectivity index (χ0) is 16.4. The molecular formula is C16H14N4O2S. The maximum atomic E-state index is 11.2. The maximum Gasteiger partial charge on any atom is 0.336 e. The Bertz CT molecular complexity index is 918. The molecule has 0 aliphatic heterocycles. The van der Waals surface area contributed by atoms with Gasteiger partial charge in [-0.25, -0.2) is 14.8 Å². The molecule has 0 aliphatic rings. The van der Waals surface area contributed by atoms with E-state index >= 15 is 0 Å². The quantitative estimate of drug-likeness (QED) is 0.566. The number of nitrogens with zero attached hydrogens (tertiary/aromatic N) is 3. The summed E-state index contributed by atoms with van der Waals surface area (Å²) < 4.78 is 0. The summed E-state index contributed by atoms with van der Waals surface area (Å²) in [6.45, 7) is 4.06. The molecule has 1 aromatic carbocycles. The molecule has 2 heterocycles. The van der Waals surface area contributed by atoms with Crippen LogP contribution in [0.1, 0.15) is 26.4 Å². The molecule has 0 unspecified atom stereocenters. The van der Waals surface area contributed by atoms with E-state index in [1.54, 1.807) is 35.6 Å². The lowest BCUT2D eigenvalue weighted by molar-refractivity contribution is 0.0697. The summed E-state index contributed by atoms with van der Waals surface area (Å²) in [6.07, 6.45) is 2.96. The number of aromatic nitrogens is 2. The van der Waals surface area contributed by atoms with Crippen LogP contribution in [0.4, 0.5) is 5.82 Å². The molecule has 0 amide bonds. The van der Waals surface area contributed by atoms with Crippen molar-refractivity contribution in [2.75, 3.05) is 5.43 Å². The van der Waals surface area contributed by atoms with Gasteiger partial charge in [-0.05, 0) is 25.5 Å². The van der Waals surface area contributed by atoms with E-state index in [1.165, 1.54) is 17.4 Å². The van der Waals surface area contributed by atoms with Crippen molar-refractivity contribution in [3.05, 3.63) is 52.2 Å². The van der Waals surface area contributed by atoms with Crippen LogP contribution in [0.5, 0.6) is 0 Å². The third-order valence-electron chi connectivity index (χ3n) is 3.53. The van der Waals surface area contributed by atoms with Crippen LogP contribution >= 0.6 is 11.3 Å². The van der Waals surface area contributed by atoms with E-state index in [2.05, 4.69) is 20.5 Å². The summed E-state index contributed by atoms with van der Waals surface area (Å²) in [5.41, 5.74) is 4.73. The molecule has 0 saturated carbocycles. The lowest BCUT2D eigenvalue weighted by Crippen LogP contribution is -2.02. The molecular weight excluding hydrogens is 312 g/mol. The first-order chi connectivity index (χ1) is 11.1. The van der Waals surface area contributed by atoms with Crippen LogP contribution in [0, 0.1) is 13.8 Å². The Morgan fingerprint density at radius 3 is 2.87 bits per heavy atom. The molecule has 0 atom stereocenters. The van der Waals surface area contributed by atoms with Crippen molar-refractivity contribution >= 4 is 39.6 Å². The standard InChI is InChI=1S/C16H14N4O2S/c1-9-10(2)23-15-13(9)14(17-8-18-15)20-19-7-11-5-3-4-6-12(11)16(21)22/h3-8H,1-2H3,(H,21,22)(H,17,18,20)/b19-7+. The van der Waals surface area contributed by atoms with E-state index in [1.807, 2.05) is 13.8 Å². The van der Waals surface area contributed by atoms with Crippen molar-refractivity contribution in [3.8, 4) is 0 Å². The highest BCUT2D eigenvalue weighted by molar-refractivity contribution is 7.18. The fourth-order valence-corrected chi connectivity index (χ4v) is 3.23. The van der Waals surface area contributed by atoms with Gasteiger partial charge in [0.25, 0.3) is 0 Å². The fraction of sp³-hybridized carbons (Fsp3) is 0.125. The highest BCUT2D eigenvalue weighted by atomic mass is 32.1. The number of carboxylic acids is 1. The Labute approximate surface area is 136 Å². The number of carboxylic acid groups (broad SMARTS) is 1. The number of rotatable bonds is 4. The number of nitrogens with one attached hydrogen (secondary N) is 1. The first-order valence-corrected chi connectivity index (χ1v) is 7.71. The largest absolute Gasteiger partial charge is 0.478 e. The van der Waals surface area contributed by atoms with Crippen LogP contribution in [0.2, 0.25) is 0 Å². The van der Waals surface area contributed by atoms with Gasteiger partial charge in [0.15, 0.2) is 5.82 Å². The molecule has 2 aromatic heterocycles. The SMILES string of the molecule is Cc1sc2ncnc(N/N=C/c3ccccc3C(=O)O)c2c1C. The second-order valence-corrected chi connectivity index (χ2v) is 6.15. The number of thiophene rings is 1. The van der Waals surface area contributed by atoms with E-state index in [9.17, 15) is 4.79 Å². The number of hydrogen-bond donors (Lipinski definition) is 2. The average Bonchev–Trinajstić information content (AvgIpc) is 2.83. The highest BCUT2D eigenvalue weighted by Gasteiger charge is 2.11. The molecule has 0 fully saturated rings. The summed E-state index contributed by atoms with van der Waals surface area (Å²) in [5.74, 6) is -0.373. The van der Waals surface area contributed by atoms with E-state index in [0.717, 1.165) is 15.8 Å². The number of aromatic carboxylic acids is 1. The zero-order valence-electron chi connectivity index (χ0n) is 12.6. The summed E-state index contributed by atoms with van der Waals surface area (Å²) in [5, 5.41) is 14.2. The molecule has 23 heavy (non-hydrogen) atoms. The van der Waals surface area contributed by atoms with Gasteiger partial charge in [-0.15, -0.1) is 11.3 Å². The first kappa shape index (κ1) is 15.1. The zero-order valence-corrected chi connectivity index (χ0v) is 13.4. The number of carbonyl (C=O) groups is 1. The number of hydrogen-bond acceptors (Lipinski definition) is 6. The summed E-state index contributed by atoms with van der Waals surface area (Å²) >= 11 is 1.61. The Morgan fingerprint density at radius 2 is 2.09 bits per heavy atom. The molecule has 0 saturated heterocycles. The second-order valence-electron chi connectivity index (χ2n) is 4.95. The van der Waals surface area contributed by atoms with E-state index in [0.29, 0.717) is 11.4 Å². The van der Waals surface area contributed by atoms with Crippen molar-refractivity contribution in [3.63, 3.8) is 0 Å². The highest BCUT2D eigenvalue weighted by Crippen LogP contribution is 2.32. The van der Waals surface area contributed by atoms with E-state index in [-0.39, 0.29) is 5.56 Å². The van der Waals surface area contributed by atoms with Crippen molar-refractivity contribution in [2.24, 2.45) is 5.10 Å². The molecule has 6 nitrogen and oxygen atoms in total. The Balaban J connectivity index is 1.91. The van der Waals surface area contributed by atoms with Gasteiger partial charge in [0.05, 0.1) is 17.2 Å². The molecule has 3 rings (SSSR count). The Morgan fingerprint density at radius 1 is 1.30 bits per heavy atom. The van der Waals surface area contributed by atoms with Gasteiger partial charge >= 0.3 is 5.97 Å². The third-order valence-corrected chi connectivity index (χ3v) is 4.65. The maximum absolute atomic E-state index is 11.2. The normalized spacial score (nSPS) is 11.2. The van der Waals surface area contributed by atoms with Gasteiger partial charge in [0, 0.05) is 10.4 Å². The number of anilines is 1. The molecule has 7 heteroatoms. The monoisotopic (exact) mass is 326 g/mol. The predicted molar refractivity (Wildman–Crippen MR) is 91.5 cm³/mol. The lowest BCUT2D eigenvalue weighted by Gasteiger charge is -2.03. The Kier molecular flexibility index (Phi) is 4.03. The molecule has 0 bridgehead atoms. The van der Waals surface area contributed by atoms with Crippen molar-refractivity contribution in [1.29, 1.82) is 0 Å². The summed E-state index contributed by atoms with van der Waals surface area (Å²) in [6, 6.07) is 6.69. The minimum absolute atomic E-state index is 0.202. The lowest BCUT2D eigenvalue weighted by atomic mass is 10.1. The number of hydrazone groups is 1. The summed E-state index contributed by atoms with van der Waals surface area (Å²) in [4.78, 5) is 21.8. The molecule has 0 aliphatic carbocycles. The fourth-order valence-electron chi connectivity index (χ4n) is 2.23. The van der Waals surface area contributed by atoms with E-state index in [4.69, 9.17) is 5.11 Å². The average molecular weight is 326 g/mol. The molecule has 116 valence electrons. The van der Waals surface area contributed by atoms with Crippen LogP contribution in [-0.2, 0) is 0 Å². The molecule has 0 radical (unpaired) electrons. The smallest absolute Gasteiger partial charge is 0.336 e. The van der Waals surface area contributed by atoms with Crippen LogP contribution < -0.4 is 5.43 Å². The number of benzene rings is 1. The van der Waals surface area contributed by atoms with Gasteiger partial charge in [-0.3, -0.25) is 5.43 Å². The molecule has 0 spiro atoms. The summed E-state index contributed by atoms with van der Waals surface area (Å²) in [7, 11) is 0. The van der Waals surface area contributed by atoms with Gasteiger partial charge in [0.1, 0.15) is 11.2 Å². The third kappa shape index (κ3) is 2.91. The first-order valence-electron chi connectivity index (χ1n) is 6.90. The van der Waals surface area contributed by atoms with Crippen molar-refractivity contribution in [1.82, 2.24) is 9.97 Å². The van der Waals surface area contributed by atoms with Crippen LogP contribution in [0.25, 0.3) is 10.2 Å². The van der Waals surface area contributed by atoms with Gasteiger partial charge in [-0.1, -0.05) is 18.2 Å². The molecule has 2 N–H and O–H groups in total. The van der Waals surface area contributed by atoms with Crippen molar-refractivity contribution < 1.29 is 9.90 Å². The topological polar surface area (TPSA) is 87.5 Å². The number of fused-ring (bicyclic) bond motifs is 1. The van der Waals surface area contributed by atoms with Crippen LogP contribution in [-0.4, -0.2) is 27.3 Å². The molecule has 3 aromatic rings. The van der Waals surface area contributed by atoms with Gasteiger partial charge in [-0.2, -0.15) is 5.10 Å². The van der Waals surface area contributed by atoms with Crippen molar-refractivity contribution in [2.45, 2.75) is 13.8 Å². The van der Waals surface area contributed by atoms with Crippen LogP contribution in [0.3, 0.4) is 0 Å². The second kappa shape index (κ2) is 6.13. The van der Waals surface area contributed by atoms with Gasteiger partial charge in [0.2, 0.25) is 0 Å². The van der Waals surface area contributed by atoms with E-state index < -0.39 is 5.97 Å². The predicted octanol–water partition coefficient (Wildman–Crippen LogP) is 3.45. The Hall–Kier alpha value is -2.80. The minimum atomic E-state index is -0.985. The van der Waals surface area contributed by atoms with Crippen LogP contribution in [0.15, 0.2) is 35.7 Å². The minimum Gasteiger partial charge on any atom is -0.478 e. The van der Waals surface area contributed by atoms with Gasteiger partial charge < -0.3 is 5.11 Å².